The molecule has 1 aliphatic heterocycles. The molecule has 1 N–H and O–H groups in total. The number of methoxy groups -OCH3 is 2. The van der Waals surface area contributed by atoms with E-state index in [1.165, 1.54) is 11.3 Å². The van der Waals surface area contributed by atoms with Gasteiger partial charge in [0.2, 0.25) is 16.9 Å². The number of aromatic nitrogens is 2. The molecule has 2 aromatic rings. The fourth-order valence-corrected chi connectivity index (χ4v) is 4.06. The molecular weight excluding hydrogens is 392 g/mol. The molecule has 1 aliphatic rings. The van der Waals surface area contributed by atoms with Crippen molar-refractivity contribution in [1.82, 2.24) is 15.1 Å². The van der Waals surface area contributed by atoms with Gasteiger partial charge in [0.25, 0.3) is 0 Å². The Morgan fingerprint density at radius 3 is 2.59 bits per heavy atom. The van der Waals surface area contributed by atoms with Crippen LogP contribution in [-0.2, 0) is 16.0 Å². The fraction of sp³-hybridized carbons (Fsp3) is 0.500. The van der Waals surface area contributed by atoms with Gasteiger partial charge in [-0.2, -0.15) is 0 Å². The van der Waals surface area contributed by atoms with Crippen molar-refractivity contribution in [3.05, 3.63) is 28.8 Å². The van der Waals surface area contributed by atoms with Crippen molar-refractivity contribution in [3.8, 4) is 11.5 Å². The largest absolute Gasteiger partial charge is 0.493 e. The van der Waals surface area contributed by atoms with E-state index >= 15 is 0 Å². The second-order valence-corrected chi connectivity index (χ2v) is 8.99. The number of ether oxygens (including phenoxy) is 2. The highest BCUT2D eigenvalue weighted by Gasteiger charge is 2.39. The molecule has 0 saturated carbocycles. The van der Waals surface area contributed by atoms with E-state index in [1.54, 1.807) is 19.1 Å². The van der Waals surface area contributed by atoms with E-state index in [2.05, 4.69) is 15.5 Å². The first-order chi connectivity index (χ1) is 13.7. The number of carbonyl (C=O) groups is 2. The van der Waals surface area contributed by atoms with E-state index in [1.807, 2.05) is 39.0 Å². The normalized spacial score (nSPS) is 16.8. The van der Waals surface area contributed by atoms with Crippen molar-refractivity contribution in [1.29, 1.82) is 0 Å². The monoisotopic (exact) mass is 418 g/mol. The number of hydrogen-bond donors (Lipinski definition) is 1. The zero-order valence-corrected chi connectivity index (χ0v) is 18.1. The van der Waals surface area contributed by atoms with Gasteiger partial charge in [0, 0.05) is 24.9 Å². The summed E-state index contributed by atoms with van der Waals surface area (Å²) in [6.45, 7) is 6.33. The minimum Gasteiger partial charge on any atom is -0.493 e. The smallest absolute Gasteiger partial charge is 0.231 e. The number of nitrogens with one attached hydrogen (secondary N) is 1. The molecule has 1 atom stereocenters. The Hall–Kier alpha value is -2.68. The molecular formula is C20H26N4O4S. The summed E-state index contributed by atoms with van der Waals surface area (Å²) in [5.74, 6) is 0.747. The number of hydrogen-bond acceptors (Lipinski definition) is 7. The number of carbonyl (C=O) groups excluding carboxylic acids is 2. The molecule has 29 heavy (non-hydrogen) atoms. The van der Waals surface area contributed by atoms with Crippen molar-refractivity contribution in [2.75, 3.05) is 26.1 Å². The summed E-state index contributed by atoms with van der Waals surface area (Å²) in [5.41, 5.74) is 0.709. The lowest BCUT2D eigenvalue weighted by atomic mass is 10.1. The molecule has 156 valence electrons. The molecule has 2 amide bonds. The highest BCUT2D eigenvalue weighted by atomic mass is 32.1. The van der Waals surface area contributed by atoms with E-state index in [4.69, 9.17) is 9.47 Å². The van der Waals surface area contributed by atoms with Crippen molar-refractivity contribution < 1.29 is 19.1 Å². The summed E-state index contributed by atoms with van der Waals surface area (Å²) in [6.07, 6.45) is 0.786. The Morgan fingerprint density at radius 1 is 1.24 bits per heavy atom. The lowest BCUT2D eigenvalue weighted by molar-refractivity contribution is -0.131. The first-order valence-electron chi connectivity index (χ1n) is 9.36. The molecule has 0 spiro atoms. The second-order valence-electron chi connectivity index (χ2n) is 7.93. The van der Waals surface area contributed by atoms with E-state index in [9.17, 15) is 9.59 Å². The van der Waals surface area contributed by atoms with Gasteiger partial charge in [0.05, 0.1) is 20.1 Å². The van der Waals surface area contributed by atoms with Crippen LogP contribution in [-0.4, -0.2) is 53.2 Å². The predicted octanol–water partition coefficient (Wildman–Crippen LogP) is 2.73. The van der Waals surface area contributed by atoms with E-state index in [0.29, 0.717) is 29.6 Å². The first kappa shape index (κ1) is 21.0. The minimum atomic E-state index is -0.375. The van der Waals surface area contributed by atoms with Crippen LogP contribution in [0.5, 0.6) is 11.5 Å². The standard InChI is InChI=1S/C20H26N4O4S/c1-20(2,3)24-11-13(10-17(24)25)18(26)21-19-23-22-16(29-19)9-12-6-7-14(27-4)15(8-12)28-5/h6-8,13H,9-11H2,1-5H3,(H,21,23,26). The average Bonchev–Trinajstić information content (AvgIpc) is 3.27. The van der Waals surface area contributed by atoms with Crippen LogP contribution >= 0.6 is 11.3 Å². The number of likely N-dealkylation sites (tertiary alicyclic amines) is 1. The van der Waals surface area contributed by atoms with E-state index in [0.717, 1.165) is 10.6 Å². The lowest BCUT2D eigenvalue weighted by Crippen LogP contribution is -2.42. The zero-order chi connectivity index (χ0) is 21.2. The summed E-state index contributed by atoms with van der Waals surface area (Å²) in [6, 6.07) is 5.67. The van der Waals surface area contributed by atoms with Gasteiger partial charge in [0.15, 0.2) is 11.5 Å². The molecule has 9 heteroatoms. The Labute approximate surface area is 174 Å². The third kappa shape index (κ3) is 4.84. The Morgan fingerprint density at radius 2 is 1.97 bits per heavy atom. The van der Waals surface area contributed by atoms with Crippen molar-refractivity contribution >= 4 is 28.3 Å². The van der Waals surface area contributed by atoms with Crippen LogP contribution in [0.2, 0.25) is 0 Å². The van der Waals surface area contributed by atoms with Gasteiger partial charge in [-0.3, -0.25) is 9.59 Å². The van der Waals surface area contributed by atoms with E-state index < -0.39 is 0 Å². The van der Waals surface area contributed by atoms with Crippen molar-refractivity contribution in [2.45, 2.75) is 39.2 Å². The number of rotatable bonds is 6. The van der Waals surface area contributed by atoms with Gasteiger partial charge < -0.3 is 19.7 Å². The Bertz CT molecular complexity index is 906. The van der Waals surface area contributed by atoms with Gasteiger partial charge in [-0.05, 0) is 38.5 Å². The minimum absolute atomic E-state index is 0.00376. The summed E-state index contributed by atoms with van der Waals surface area (Å²) >= 11 is 1.32. The van der Waals surface area contributed by atoms with Gasteiger partial charge in [0.1, 0.15) is 5.01 Å². The fourth-order valence-electron chi connectivity index (χ4n) is 3.28. The Balaban J connectivity index is 1.62. The topological polar surface area (TPSA) is 93.7 Å². The molecule has 1 saturated heterocycles. The van der Waals surface area contributed by atoms with Gasteiger partial charge in [-0.15, -0.1) is 10.2 Å². The van der Waals surface area contributed by atoms with Crippen LogP contribution in [0, 0.1) is 5.92 Å². The molecule has 1 fully saturated rings. The van der Waals surface area contributed by atoms with Crippen molar-refractivity contribution in [3.63, 3.8) is 0 Å². The second kappa shape index (κ2) is 8.36. The molecule has 3 rings (SSSR count). The molecule has 1 aromatic heterocycles. The number of anilines is 1. The van der Waals surface area contributed by atoms with Crippen LogP contribution in [0.25, 0.3) is 0 Å². The van der Waals surface area contributed by atoms with Gasteiger partial charge in [-0.25, -0.2) is 0 Å². The van der Waals surface area contributed by atoms with Gasteiger partial charge >= 0.3 is 0 Å². The molecule has 8 nitrogen and oxygen atoms in total. The molecule has 0 aliphatic carbocycles. The van der Waals surface area contributed by atoms with Crippen LogP contribution in [0.3, 0.4) is 0 Å². The number of nitrogens with zero attached hydrogens (tertiary/aromatic N) is 3. The summed E-state index contributed by atoms with van der Waals surface area (Å²) < 4.78 is 10.6. The molecule has 1 unspecified atom stereocenters. The Kier molecular flexibility index (Phi) is 6.07. The predicted molar refractivity (Wildman–Crippen MR) is 110 cm³/mol. The first-order valence-corrected chi connectivity index (χ1v) is 10.2. The average molecular weight is 419 g/mol. The van der Waals surface area contributed by atoms with Crippen LogP contribution in [0.1, 0.15) is 37.8 Å². The van der Waals surface area contributed by atoms with E-state index in [-0.39, 0.29) is 29.7 Å². The maximum Gasteiger partial charge on any atom is 0.231 e. The molecule has 0 bridgehead atoms. The number of benzene rings is 1. The van der Waals surface area contributed by atoms with Crippen LogP contribution in [0.15, 0.2) is 18.2 Å². The van der Waals surface area contributed by atoms with Crippen LogP contribution < -0.4 is 14.8 Å². The van der Waals surface area contributed by atoms with Crippen molar-refractivity contribution in [2.24, 2.45) is 5.92 Å². The quantitative estimate of drug-likeness (QED) is 0.775. The highest BCUT2D eigenvalue weighted by molar-refractivity contribution is 7.15. The van der Waals surface area contributed by atoms with Crippen LogP contribution in [0.4, 0.5) is 5.13 Å². The molecule has 1 aromatic carbocycles. The molecule has 0 radical (unpaired) electrons. The SMILES string of the molecule is COc1ccc(Cc2nnc(NC(=O)C3CC(=O)N(C(C)(C)C)C3)s2)cc1OC. The van der Waals surface area contributed by atoms with Gasteiger partial charge in [-0.1, -0.05) is 17.4 Å². The third-order valence-corrected chi connectivity index (χ3v) is 5.64. The third-order valence-electron chi connectivity index (χ3n) is 4.81. The highest BCUT2D eigenvalue weighted by Crippen LogP contribution is 2.30. The maximum atomic E-state index is 12.6. The lowest BCUT2D eigenvalue weighted by Gasteiger charge is -2.31. The summed E-state index contributed by atoms with van der Waals surface area (Å²) in [5, 5.41) is 12.2. The zero-order valence-electron chi connectivity index (χ0n) is 17.3. The number of amides is 2. The summed E-state index contributed by atoms with van der Waals surface area (Å²) in [7, 11) is 3.19. The molecule has 2 heterocycles. The summed E-state index contributed by atoms with van der Waals surface area (Å²) in [4.78, 5) is 26.5. The maximum absolute atomic E-state index is 12.6.